The van der Waals surface area contributed by atoms with Crippen molar-refractivity contribution in [1.82, 2.24) is 0 Å². The first-order valence-electron chi connectivity index (χ1n) is 5.93. The Morgan fingerprint density at radius 2 is 2.05 bits per heavy atom. The van der Waals surface area contributed by atoms with Crippen molar-refractivity contribution in [2.24, 2.45) is 5.92 Å². The zero-order valence-corrected chi connectivity index (χ0v) is 11.4. The molecule has 0 saturated carbocycles. The highest BCUT2D eigenvalue weighted by Gasteiger charge is 2.31. The lowest BCUT2D eigenvalue weighted by molar-refractivity contribution is -0.137. The normalized spacial score (nSPS) is 13.2. The van der Waals surface area contributed by atoms with Crippen LogP contribution in [0, 0.1) is 5.92 Å². The van der Waals surface area contributed by atoms with Crippen molar-refractivity contribution >= 4 is 23.2 Å². The minimum atomic E-state index is -4.46. The second kappa shape index (κ2) is 6.28. The Hall–Kier alpha value is -1.23. The van der Waals surface area contributed by atoms with Crippen LogP contribution in [0.4, 0.5) is 18.9 Å². The minimum Gasteiger partial charge on any atom is -0.325 e. The molecule has 0 aliphatic rings. The van der Waals surface area contributed by atoms with Gasteiger partial charge in [-0.2, -0.15) is 13.2 Å². The second-order valence-corrected chi connectivity index (χ2v) is 4.78. The maximum absolute atomic E-state index is 12.6. The zero-order valence-electron chi connectivity index (χ0n) is 10.6. The smallest absolute Gasteiger partial charge is 0.325 e. The van der Waals surface area contributed by atoms with Crippen LogP contribution in [0.2, 0.25) is 5.02 Å². The maximum atomic E-state index is 12.6. The Morgan fingerprint density at radius 1 is 1.42 bits per heavy atom. The van der Waals surface area contributed by atoms with E-state index in [1.807, 2.05) is 6.92 Å². The van der Waals surface area contributed by atoms with Gasteiger partial charge in [0.25, 0.3) is 0 Å². The molecule has 6 heteroatoms. The Morgan fingerprint density at radius 3 is 2.58 bits per heavy atom. The fraction of sp³-hybridized carbons (Fsp3) is 0.462. The summed E-state index contributed by atoms with van der Waals surface area (Å²) in [6, 6.07) is 2.86. The molecule has 106 valence electrons. The van der Waals surface area contributed by atoms with E-state index in [0.717, 1.165) is 24.6 Å². The molecule has 0 heterocycles. The van der Waals surface area contributed by atoms with Crippen molar-refractivity contribution in [3.63, 3.8) is 0 Å². The highest BCUT2D eigenvalue weighted by atomic mass is 35.5. The number of hydrogen-bond acceptors (Lipinski definition) is 1. The van der Waals surface area contributed by atoms with E-state index >= 15 is 0 Å². The average Bonchev–Trinajstić information content (AvgIpc) is 2.30. The first-order chi connectivity index (χ1) is 8.75. The molecular formula is C13H15ClF3NO. The molecule has 0 unspecified atom stereocenters. The van der Waals surface area contributed by atoms with Crippen molar-refractivity contribution < 1.29 is 18.0 Å². The molecule has 0 saturated heterocycles. The van der Waals surface area contributed by atoms with Gasteiger partial charge in [-0.1, -0.05) is 31.9 Å². The van der Waals surface area contributed by atoms with E-state index < -0.39 is 11.7 Å². The molecule has 19 heavy (non-hydrogen) atoms. The molecule has 1 aromatic carbocycles. The third kappa shape index (κ3) is 4.42. The summed E-state index contributed by atoms with van der Waals surface area (Å²) in [6.45, 7) is 3.65. The first-order valence-corrected chi connectivity index (χ1v) is 6.31. The minimum absolute atomic E-state index is 0.00977. The van der Waals surface area contributed by atoms with Crippen molar-refractivity contribution in [3.8, 4) is 0 Å². The molecule has 0 bridgehead atoms. The van der Waals surface area contributed by atoms with Crippen LogP contribution in [-0.2, 0) is 11.0 Å². The highest BCUT2D eigenvalue weighted by Crippen LogP contribution is 2.34. The number of alkyl halides is 3. The summed E-state index contributed by atoms with van der Waals surface area (Å²) in [4.78, 5) is 11.8. The number of halogens is 4. The molecule has 1 atom stereocenters. The molecule has 1 rings (SSSR count). The number of hydrogen-bond donors (Lipinski definition) is 1. The van der Waals surface area contributed by atoms with E-state index in [1.54, 1.807) is 6.92 Å². The van der Waals surface area contributed by atoms with Crippen LogP contribution in [-0.4, -0.2) is 5.91 Å². The SMILES string of the molecule is CCC[C@H](C)C(=O)Nc1cc(C(F)(F)F)ccc1Cl. The molecule has 0 fully saturated rings. The summed E-state index contributed by atoms with van der Waals surface area (Å²) < 4.78 is 37.7. The Labute approximate surface area is 114 Å². The van der Waals surface area contributed by atoms with Crippen molar-refractivity contribution in [2.75, 3.05) is 5.32 Å². The lowest BCUT2D eigenvalue weighted by Crippen LogP contribution is -2.20. The van der Waals surface area contributed by atoms with Crippen LogP contribution in [0.1, 0.15) is 32.3 Å². The molecule has 0 aliphatic heterocycles. The quantitative estimate of drug-likeness (QED) is 0.854. The number of nitrogens with one attached hydrogen (secondary N) is 1. The fourth-order valence-corrected chi connectivity index (χ4v) is 1.78. The lowest BCUT2D eigenvalue weighted by Gasteiger charge is -2.14. The van der Waals surface area contributed by atoms with Crippen LogP contribution >= 0.6 is 11.6 Å². The summed E-state index contributed by atoms with van der Waals surface area (Å²) >= 11 is 5.79. The third-order valence-electron chi connectivity index (χ3n) is 2.72. The zero-order chi connectivity index (χ0) is 14.6. The van der Waals surface area contributed by atoms with Gasteiger partial charge >= 0.3 is 6.18 Å². The first kappa shape index (κ1) is 15.8. The van der Waals surface area contributed by atoms with Crippen molar-refractivity contribution in [2.45, 2.75) is 32.9 Å². The summed E-state index contributed by atoms with van der Waals surface area (Å²) in [7, 11) is 0. The van der Waals surface area contributed by atoms with E-state index in [2.05, 4.69) is 5.32 Å². The van der Waals surface area contributed by atoms with Gasteiger partial charge in [-0.05, 0) is 24.6 Å². The molecule has 2 nitrogen and oxygen atoms in total. The van der Waals surface area contributed by atoms with Crippen LogP contribution in [0.15, 0.2) is 18.2 Å². The van der Waals surface area contributed by atoms with E-state index in [4.69, 9.17) is 11.6 Å². The maximum Gasteiger partial charge on any atom is 0.416 e. The molecule has 0 spiro atoms. The number of amides is 1. The number of carbonyl (C=O) groups is 1. The fourth-order valence-electron chi connectivity index (χ4n) is 1.62. The molecule has 1 aromatic rings. The molecule has 1 amide bonds. The van der Waals surface area contributed by atoms with Gasteiger partial charge in [0.05, 0.1) is 16.3 Å². The average molecular weight is 294 g/mol. The monoisotopic (exact) mass is 293 g/mol. The van der Waals surface area contributed by atoms with E-state index in [1.165, 1.54) is 0 Å². The second-order valence-electron chi connectivity index (χ2n) is 4.37. The largest absolute Gasteiger partial charge is 0.416 e. The molecule has 1 N–H and O–H groups in total. The number of rotatable bonds is 4. The molecule has 0 aromatic heterocycles. The Kier molecular flexibility index (Phi) is 5.23. The molecule has 0 radical (unpaired) electrons. The summed E-state index contributed by atoms with van der Waals surface area (Å²) in [5, 5.41) is 2.52. The van der Waals surface area contributed by atoms with Gasteiger partial charge in [-0.3, -0.25) is 4.79 Å². The van der Waals surface area contributed by atoms with Gasteiger partial charge in [-0.25, -0.2) is 0 Å². The summed E-state index contributed by atoms with van der Waals surface area (Å²) in [5.74, 6) is -0.598. The Bertz CT molecular complexity index is 460. The van der Waals surface area contributed by atoms with Gasteiger partial charge in [0, 0.05) is 5.92 Å². The van der Waals surface area contributed by atoms with Gasteiger partial charge in [0.1, 0.15) is 0 Å². The van der Waals surface area contributed by atoms with Crippen molar-refractivity contribution in [1.29, 1.82) is 0 Å². The highest BCUT2D eigenvalue weighted by molar-refractivity contribution is 6.33. The van der Waals surface area contributed by atoms with Crippen LogP contribution in [0.3, 0.4) is 0 Å². The van der Waals surface area contributed by atoms with Crippen LogP contribution in [0.5, 0.6) is 0 Å². The van der Waals surface area contributed by atoms with E-state index in [0.29, 0.717) is 6.42 Å². The van der Waals surface area contributed by atoms with Crippen LogP contribution in [0.25, 0.3) is 0 Å². The van der Waals surface area contributed by atoms with Crippen molar-refractivity contribution in [3.05, 3.63) is 28.8 Å². The topological polar surface area (TPSA) is 29.1 Å². The standard InChI is InChI=1S/C13H15ClF3NO/c1-3-4-8(2)12(19)18-11-7-9(13(15,16)17)5-6-10(11)14/h5-8H,3-4H2,1-2H3,(H,18,19)/t8-/m0/s1. The lowest BCUT2D eigenvalue weighted by atomic mass is 10.1. The van der Waals surface area contributed by atoms with Crippen LogP contribution < -0.4 is 5.32 Å². The molecular weight excluding hydrogens is 279 g/mol. The van der Waals surface area contributed by atoms with Gasteiger partial charge in [-0.15, -0.1) is 0 Å². The van der Waals surface area contributed by atoms with Gasteiger partial charge in [0.2, 0.25) is 5.91 Å². The van der Waals surface area contributed by atoms with E-state index in [-0.39, 0.29) is 22.5 Å². The predicted octanol–water partition coefficient (Wildman–Crippen LogP) is 4.73. The van der Waals surface area contributed by atoms with Gasteiger partial charge < -0.3 is 5.32 Å². The van der Waals surface area contributed by atoms with Gasteiger partial charge in [0.15, 0.2) is 0 Å². The number of anilines is 1. The van der Waals surface area contributed by atoms with E-state index in [9.17, 15) is 18.0 Å². The third-order valence-corrected chi connectivity index (χ3v) is 3.05. The number of benzene rings is 1. The Balaban J connectivity index is 2.92. The molecule has 0 aliphatic carbocycles. The number of carbonyl (C=O) groups excluding carboxylic acids is 1. The predicted molar refractivity (Wildman–Crippen MR) is 69.2 cm³/mol. The summed E-state index contributed by atoms with van der Waals surface area (Å²) in [5.41, 5.74) is -0.847. The summed E-state index contributed by atoms with van der Waals surface area (Å²) in [6.07, 6.45) is -2.97.